The number of nitrogens with zero attached hydrogens (tertiary/aromatic N) is 1. The molecule has 1 amide bonds. The highest BCUT2D eigenvalue weighted by Crippen LogP contribution is 2.40. The Balaban J connectivity index is 2.05. The minimum absolute atomic E-state index is 0.167. The average molecular weight is 282 g/mol. The van der Waals surface area contributed by atoms with Gasteiger partial charge in [-0.1, -0.05) is 6.92 Å². The SMILES string of the molecule is CCNC(C)(C)C(=O)N1C2CCC1CC(CC(=O)O)C2. The number of rotatable bonds is 5. The quantitative estimate of drug-likeness (QED) is 0.804. The molecule has 2 fully saturated rings. The van der Waals surface area contributed by atoms with Crippen LogP contribution in [-0.4, -0.2) is 46.1 Å². The van der Waals surface area contributed by atoms with Crippen molar-refractivity contribution < 1.29 is 14.7 Å². The molecule has 114 valence electrons. The lowest BCUT2D eigenvalue weighted by Gasteiger charge is -2.42. The third-order valence-corrected chi connectivity index (χ3v) is 4.68. The van der Waals surface area contributed by atoms with Crippen LogP contribution in [0.3, 0.4) is 0 Å². The van der Waals surface area contributed by atoms with Crippen LogP contribution >= 0.6 is 0 Å². The number of nitrogens with one attached hydrogen (secondary N) is 1. The molecule has 2 atom stereocenters. The second-order valence-corrected chi connectivity index (χ2v) is 6.69. The van der Waals surface area contributed by atoms with Crippen molar-refractivity contribution in [2.75, 3.05) is 6.54 Å². The zero-order valence-electron chi connectivity index (χ0n) is 12.7. The first-order chi connectivity index (χ1) is 9.35. The zero-order valence-corrected chi connectivity index (χ0v) is 12.7. The summed E-state index contributed by atoms with van der Waals surface area (Å²) in [4.78, 5) is 25.7. The van der Waals surface area contributed by atoms with Gasteiger partial charge in [0.15, 0.2) is 0 Å². The number of hydrogen-bond donors (Lipinski definition) is 2. The van der Waals surface area contributed by atoms with Crippen LogP contribution in [-0.2, 0) is 9.59 Å². The summed E-state index contributed by atoms with van der Waals surface area (Å²) < 4.78 is 0. The highest BCUT2D eigenvalue weighted by atomic mass is 16.4. The molecule has 2 N–H and O–H groups in total. The Hall–Kier alpha value is -1.10. The predicted octanol–water partition coefficient (Wildman–Crippen LogP) is 1.62. The van der Waals surface area contributed by atoms with Crippen LogP contribution in [0.4, 0.5) is 0 Å². The normalized spacial score (nSPS) is 29.6. The Morgan fingerprint density at radius 1 is 1.25 bits per heavy atom. The summed E-state index contributed by atoms with van der Waals surface area (Å²) in [5, 5.41) is 12.2. The topological polar surface area (TPSA) is 69.6 Å². The summed E-state index contributed by atoms with van der Waals surface area (Å²) >= 11 is 0. The van der Waals surface area contributed by atoms with Gasteiger partial charge >= 0.3 is 5.97 Å². The predicted molar refractivity (Wildman–Crippen MR) is 76.4 cm³/mol. The van der Waals surface area contributed by atoms with E-state index in [4.69, 9.17) is 5.11 Å². The smallest absolute Gasteiger partial charge is 0.303 e. The van der Waals surface area contributed by atoms with Crippen molar-refractivity contribution in [2.24, 2.45) is 5.92 Å². The van der Waals surface area contributed by atoms with Crippen LogP contribution in [0.25, 0.3) is 0 Å². The third-order valence-electron chi connectivity index (χ3n) is 4.68. The lowest BCUT2D eigenvalue weighted by atomic mass is 9.87. The first kappa shape index (κ1) is 15.3. The van der Waals surface area contributed by atoms with Gasteiger partial charge in [-0.2, -0.15) is 0 Å². The molecule has 2 aliphatic rings. The number of aliphatic carboxylic acids is 1. The molecule has 0 aromatic heterocycles. The molecule has 5 nitrogen and oxygen atoms in total. The zero-order chi connectivity index (χ0) is 14.9. The number of carboxylic acids is 1. The minimum Gasteiger partial charge on any atom is -0.481 e. The molecular formula is C15H26N2O3. The Labute approximate surface area is 120 Å². The van der Waals surface area contributed by atoms with Crippen molar-refractivity contribution in [2.45, 2.75) is 70.5 Å². The second kappa shape index (κ2) is 5.72. The van der Waals surface area contributed by atoms with E-state index in [1.807, 2.05) is 25.7 Å². The lowest BCUT2D eigenvalue weighted by molar-refractivity contribution is -0.143. The van der Waals surface area contributed by atoms with Crippen molar-refractivity contribution in [3.63, 3.8) is 0 Å². The molecule has 2 unspecified atom stereocenters. The van der Waals surface area contributed by atoms with Crippen LogP contribution in [0.2, 0.25) is 0 Å². The molecule has 2 heterocycles. The van der Waals surface area contributed by atoms with Gasteiger partial charge in [0.1, 0.15) is 0 Å². The van der Waals surface area contributed by atoms with E-state index in [1.165, 1.54) is 0 Å². The van der Waals surface area contributed by atoms with E-state index in [0.29, 0.717) is 0 Å². The van der Waals surface area contributed by atoms with Gasteiger partial charge in [0.25, 0.3) is 0 Å². The average Bonchev–Trinajstić information content (AvgIpc) is 2.59. The summed E-state index contributed by atoms with van der Waals surface area (Å²) in [6, 6.07) is 0.479. The monoisotopic (exact) mass is 282 g/mol. The van der Waals surface area contributed by atoms with E-state index in [2.05, 4.69) is 5.32 Å². The van der Waals surface area contributed by atoms with E-state index in [0.717, 1.165) is 32.2 Å². The molecule has 5 heteroatoms. The maximum absolute atomic E-state index is 12.7. The molecular weight excluding hydrogens is 256 g/mol. The maximum atomic E-state index is 12.7. The van der Waals surface area contributed by atoms with Crippen molar-refractivity contribution in [1.29, 1.82) is 0 Å². The fourth-order valence-corrected chi connectivity index (χ4v) is 3.88. The number of carbonyl (C=O) groups excluding carboxylic acids is 1. The highest BCUT2D eigenvalue weighted by Gasteiger charge is 2.46. The Kier molecular flexibility index (Phi) is 4.37. The summed E-state index contributed by atoms with van der Waals surface area (Å²) in [6.45, 7) is 6.63. The number of amides is 1. The van der Waals surface area contributed by atoms with Gasteiger partial charge in [-0.3, -0.25) is 9.59 Å². The fourth-order valence-electron chi connectivity index (χ4n) is 3.88. The van der Waals surface area contributed by atoms with E-state index in [-0.39, 0.29) is 30.3 Å². The van der Waals surface area contributed by atoms with Crippen molar-refractivity contribution >= 4 is 11.9 Å². The van der Waals surface area contributed by atoms with E-state index in [1.54, 1.807) is 0 Å². The van der Waals surface area contributed by atoms with Gasteiger partial charge in [-0.25, -0.2) is 0 Å². The van der Waals surface area contributed by atoms with Gasteiger partial charge in [0, 0.05) is 18.5 Å². The fraction of sp³-hybridized carbons (Fsp3) is 0.867. The number of piperidine rings is 1. The number of hydrogen-bond acceptors (Lipinski definition) is 3. The highest BCUT2D eigenvalue weighted by molar-refractivity contribution is 5.86. The third kappa shape index (κ3) is 2.97. The minimum atomic E-state index is -0.720. The molecule has 20 heavy (non-hydrogen) atoms. The molecule has 0 aliphatic carbocycles. The molecule has 0 aromatic rings. The van der Waals surface area contributed by atoms with Gasteiger partial charge in [0.2, 0.25) is 5.91 Å². The van der Waals surface area contributed by atoms with Gasteiger partial charge < -0.3 is 15.3 Å². The van der Waals surface area contributed by atoms with Crippen LogP contribution in [0.15, 0.2) is 0 Å². The van der Waals surface area contributed by atoms with E-state index in [9.17, 15) is 9.59 Å². The molecule has 2 rings (SSSR count). The largest absolute Gasteiger partial charge is 0.481 e. The van der Waals surface area contributed by atoms with E-state index >= 15 is 0 Å². The van der Waals surface area contributed by atoms with E-state index < -0.39 is 11.5 Å². The van der Waals surface area contributed by atoms with Crippen molar-refractivity contribution in [3.05, 3.63) is 0 Å². The lowest BCUT2D eigenvalue weighted by Crippen LogP contribution is -2.58. The van der Waals surface area contributed by atoms with Crippen LogP contribution < -0.4 is 5.32 Å². The summed E-state index contributed by atoms with van der Waals surface area (Å²) in [6.07, 6.45) is 3.97. The van der Waals surface area contributed by atoms with Crippen molar-refractivity contribution in [1.82, 2.24) is 10.2 Å². The first-order valence-corrected chi connectivity index (χ1v) is 7.64. The number of carbonyl (C=O) groups is 2. The molecule has 0 saturated carbocycles. The molecule has 0 spiro atoms. The summed E-state index contributed by atoms with van der Waals surface area (Å²) in [5.41, 5.74) is -0.533. The van der Waals surface area contributed by atoms with Crippen LogP contribution in [0, 0.1) is 5.92 Å². The molecule has 2 saturated heterocycles. The summed E-state index contributed by atoms with van der Waals surface area (Å²) in [7, 11) is 0. The first-order valence-electron chi connectivity index (χ1n) is 7.64. The van der Waals surface area contributed by atoms with Crippen LogP contribution in [0.5, 0.6) is 0 Å². The van der Waals surface area contributed by atoms with Crippen molar-refractivity contribution in [3.8, 4) is 0 Å². The van der Waals surface area contributed by atoms with Gasteiger partial charge in [-0.15, -0.1) is 0 Å². The molecule has 2 bridgehead atoms. The number of fused-ring (bicyclic) bond motifs is 2. The molecule has 0 radical (unpaired) electrons. The second-order valence-electron chi connectivity index (χ2n) is 6.69. The number of likely N-dealkylation sites (N-methyl/N-ethyl adjacent to an activating group) is 1. The standard InChI is InChI=1S/C15H26N2O3/c1-4-16-15(2,3)14(20)17-11-5-6-12(17)8-10(7-11)9-13(18)19/h10-12,16H,4-9H2,1-3H3,(H,18,19). The van der Waals surface area contributed by atoms with Crippen LogP contribution in [0.1, 0.15) is 52.9 Å². The Bertz CT molecular complexity index is 381. The Morgan fingerprint density at radius 3 is 2.25 bits per heavy atom. The van der Waals surface area contributed by atoms with Gasteiger partial charge in [0.05, 0.1) is 5.54 Å². The van der Waals surface area contributed by atoms with Gasteiger partial charge in [-0.05, 0) is 52.0 Å². The Morgan fingerprint density at radius 2 is 1.80 bits per heavy atom. The molecule has 0 aromatic carbocycles. The summed E-state index contributed by atoms with van der Waals surface area (Å²) in [5.74, 6) is -0.320. The maximum Gasteiger partial charge on any atom is 0.303 e. The number of carboxylic acid groups (broad SMARTS) is 1. The molecule has 2 aliphatic heterocycles.